The van der Waals surface area contributed by atoms with Crippen molar-refractivity contribution < 1.29 is 44.0 Å². The number of hydrogen-bond donors (Lipinski definition) is 0. The molecule has 0 atom stereocenters. The van der Waals surface area contributed by atoms with E-state index in [1.165, 1.54) is 41.0 Å². The number of halogens is 8. The predicted octanol–water partition coefficient (Wildman–Crippen LogP) is 17.3. The zero-order chi connectivity index (χ0) is 46.4. The predicted molar refractivity (Wildman–Crippen MR) is 250 cm³/mol. The van der Waals surface area contributed by atoms with Crippen molar-refractivity contribution >= 4 is 87.5 Å². The number of rotatable bonds is 4. The minimum absolute atomic E-state index is 0.00422. The van der Waals surface area contributed by atoms with Gasteiger partial charge in [0.25, 0.3) is 0 Å². The number of nitrogens with zero attached hydrogens (tertiary/aromatic N) is 2. The van der Waals surface area contributed by atoms with Gasteiger partial charge in [-0.3, -0.25) is 0 Å². The van der Waals surface area contributed by atoms with Gasteiger partial charge in [-0.05, 0) is 71.8 Å². The summed E-state index contributed by atoms with van der Waals surface area (Å²) < 4.78 is 150. The normalized spacial score (nSPS) is 12.7. The number of fused-ring (bicyclic) bond motifs is 14. The summed E-state index contributed by atoms with van der Waals surface area (Å²) in [6.07, 6.45) is -11.2. The average Bonchev–Trinajstić information content (AvgIpc) is 4.08. The lowest BCUT2D eigenvalue weighted by molar-refractivity contribution is -0.142. The highest BCUT2D eigenvalue weighted by Crippen LogP contribution is 2.57. The van der Waals surface area contributed by atoms with Gasteiger partial charge in [0, 0.05) is 54.2 Å². The summed E-state index contributed by atoms with van der Waals surface area (Å²) in [5.41, 5.74) is -6.46. The van der Waals surface area contributed by atoms with Crippen LogP contribution in [-0.2, 0) is 12.4 Å². The minimum Gasteiger partial charge on any atom is -0.454 e. The van der Waals surface area contributed by atoms with E-state index in [-0.39, 0.29) is 33.2 Å². The zero-order valence-corrected chi connectivity index (χ0v) is 34.9. The molecule has 0 saturated carbocycles. The molecule has 0 amide bonds. The molecule has 4 nitrogen and oxygen atoms in total. The smallest absolute Gasteiger partial charge is 0.419 e. The van der Waals surface area contributed by atoms with E-state index in [1.807, 2.05) is 0 Å². The van der Waals surface area contributed by atoms with Gasteiger partial charge in [-0.1, -0.05) is 109 Å². The molecule has 0 aliphatic rings. The number of para-hydroxylation sites is 4. The van der Waals surface area contributed by atoms with Crippen LogP contribution in [0.2, 0.25) is 0 Å². The van der Waals surface area contributed by atoms with Crippen LogP contribution in [0.4, 0.5) is 35.1 Å². The Bertz CT molecular complexity index is 4200. The molecule has 0 spiro atoms. The first-order valence-electron chi connectivity index (χ1n) is 21.4. The molecule has 0 radical (unpaired) electrons. The molecule has 0 bridgehead atoms. The van der Waals surface area contributed by atoms with Gasteiger partial charge in [0.2, 0.25) is 0 Å². The van der Waals surface area contributed by atoms with Crippen molar-refractivity contribution in [3.8, 4) is 33.6 Å². The van der Waals surface area contributed by atoms with E-state index in [0.717, 1.165) is 28.8 Å². The second-order valence-electron chi connectivity index (χ2n) is 16.8. The van der Waals surface area contributed by atoms with Crippen molar-refractivity contribution in [2.45, 2.75) is 12.4 Å². The van der Waals surface area contributed by atoms with Crippen LogP contribution in [0.25, 0.3) is 121 Å². The summed E-state index contributed by atoms with van der Waals surface area (Å²) in [5, 5.41) is 3.81. The highest BCUT2D eigenvalue weighted by Gasteiger charge is 2.49. The van der Waals surface area contributed by atoms with Crippen LogP contribution in [0.1, 0.15) is 11.1 Å². The van der Waals surface area contributed by atoms with Gasteiger partial charge >= 0.3 is 12.4 Å². The summed E-state index contributed by atoms with van der Waals surface area (Å²) in [5.74, 6) is -1.89. The van der Waals surface area contributed by atoms with Crippen LogP contribution < -0.4 is 0 Å². The van der Waals surface area contributed by atoms with Gasteiger partial charge in [-0.2, -0.15) is 26.3 Å². The fraction of sp³-hybridized carbons (Fsp3) is 0.0357. The Morgan fingerprint density at radius 3 is 1.16 bits per heavy atom. The van der Waals surface area contributed by atoms with Crippen LogP contribution in [0, 0.1) is 11.6 Å². The van der Waals surface area contributed by atoms with Crippen molar-refractivity contribution in [2.75, 3.05) is 0 Å². The molecule has 0 aliphatic heterocycles. The third-order valence-corrected chi connectivity index (χ3v) is 13.0. The Hall–Kier alpha value is -8.38. The van der Waals surface area contributed by atoms with E-state index < -0.39 is 68.7 Å². The fourth-order valence-corrected chi connectivity index (χ4v) is 10.5. The summed E-state index contributed by atoms with van der Waals surface area (Å²) in [4.78, 5) is 0. The van der Waals surface area contributed by atoms with Crippen LogP contribution in [0.15, 0.2) is 179 Å². The van der Waals surface area contributed by atoms with E-state index in [0.29, 0.717) is 54.3 Å². The third-order valence-electron chi connectivity index (χ3n) is 13.0. The molecule has 9 aromatic carbocycles. The number of furan rings is 2. The molecule has 0 unspecified atom stereocenters. The topological polar surface area (TPSA) is 36.1 Å². The monoisotopic (exact) mass is 912 g/mol. The van der Waals surface area contributed by atoms with E-state index in [1.54, 1.807) is 109 Å². The first kappa shape index (κ1) is 39.9. The Labute approximate surface area is 378 Å². The van der Waals surface area contributed by atoms with E-state index in [4.69, 9.17) is 8.83 Å². The van der Waals surface area contributed by atoms with Crippen molar-refractivity contribution in [1.29, 1.82) is 0 Å². The second kappa shape index (κ2) is 14.1. The number of benzene rings is 9. The Kier molecular flexibility index (Phi) is 8.26. The first-order valence-corrected chi connectivity index (χ1v) is 21.4. The molecule has 0 fully saturated rings. The Morgan fingerprint density at radius 2 is 0.735 bits per heavy atom. The van der Waals surface area contributed by atoms with Crippen molar-refractivity contribution in [2.24, 2.45) is 0 Å². The molecule has 13 rings (SSSR count). The van der Waals surface area contributed by atoms with Gasteiger partial charge in [0.05, 0.1) is 44.6 Å². The van der Waals surface area contributed by atoms with Crippen molar-refractivity contribution in [3.63, 3.8) is 0 Å². The van der Waals surface area contributed by atoms with Crippen molar-refractivity contribution in [3.05, 3.63) is 193 Å². The highest BCUT2D eigenvalue weighted by atomic mass is 19.4. The molecular weight excluding hydrogens is 885 g/mol. The first-order chi connectivity index (χ1) is 32.9. The molecule has 0 N–H and O–H groups in total. The summed E-state index contributed by atoms with van der Waals surface area (Å²) in [6, 6.07) is 42.5. The standard InChI is InChI=1S/C56H28F8N2O2/c57-31-13-9-11-29(27-31)45-47(55(59,60)61)52(66-42-20-6-2-16-34(42)38-24-26-40-36-18-4-8-22-44(36)68-54(40)50(38)66)48(56(62,63)64)46(30-12-10-14-32(58)28-30)51(45)65-41-19-5-1-15-33(41)37-23-25-39-35-17-3-7-21-43(35)67-53(39)49(37)65/h1-28H. The molecule has 12 heteroatoms. The molecule has 13 aromatic rings. The average molecular weight is 913 g/mol. The van der Waals surface area contributed by atoms with Crippen LogP contribution >= 0.6 is 0 Å². The van der Waals surface area contributed by atoms with Gasteiger partial charge in [0.15, 0.2) is 11.2 Å². The Morgan fingerprint density at radius 1 is 0.353 bits per heavy atom. The fourth-order valence-electron chi connectivity index (χ4n) is 10.5. The summed E-state index contributed by atoms with van der Waals surface area (Å²) in [6.45, 7) is 0. The van der Waals surface area contributed by atoms with Gasteiger partial charge < -0.3 is 18.0 Å². The summed E-state index contributed by atoms with van der Waals surface area (Å²) in [7, 11) is 0. The molecule has 4 aromatic heterocycles. The molecule has 0 aliphatic carbocycles. The van der Waals surface area contributed by atoms with E-state index >= 15 is 35.1 Å². The molecule has 0 saturated heterocycles. The van der Waals surface area contributed by atoms with E-state index in [2.05, 4.69) is 0 Å². The molecule has 4 heterocycles. The lowest BCUT2D eigenvalue weighted by Crippen LogP contribution is -2.23. The van der Waals surface area contributed by atoms with Gasteiger partial charge in [0.1, 0.15) is 22.8 Å². The van der Waals surface area contributed by atoms with Crippen LogP contribution in [0.3, 0.4) is 0 Å². The third kappa shape index (κ3) is 5.60. The number of aromatic nitrogens is 2. The lowest BCUT2D eigenvalue weighted by atomic mass is 9.84. The van der Waals surface area contributed by atoms with E-state index in [9.17, 15) is 0 Å². The number of alkyl halides is 6. The SMILES string of the molecule is Fc1cccc(-c2c(-n3c4ccccc4c4ccc5c6ccccc6oc5c43)c(-c3cccc(F)c3)c(C(F)(F)F)c(-n3c4ccccc4c4ccc5c6ccccc6oc5c43)c2C(F)(F)F)c1. The van der Waals surface area contributed by atoms with Crippen LogP contribution in [0.5, 0.6) is 0 Å². The zero-order valence-electron chi connectivity index (χ0n) is 34.9. The number of hydrogen-bond acceptors (Lipinski definition) is 2. The maximum Gasteiger partial charge on any atom is 0.419 e. The lowest BCUT2D eigenvalue weighted by Gasteiger charge is -2.31. The molecule has 68 heavy (non-hydrogen) atoms. The maximum absolute atomic E-state index is 17.2. The molecular formula is C56H28F8N2O2. The maximum atomic E-state index is 17.2. The minimum atomic E-state index is -5.60. The van der Waals surface area contributed by atoms with Gasteiger partial charge in [-0.25, -0.2) is 8.78 Å². The Balaban J connectivity index is 1.37. The summed E-state index contributed by atoms with van der Waals surface area (Å²) >= 11 is 0. The second-order valence-corrected chi connectivity index (χ2v) is 16.8. The van der Waals surface area contributed by atoms with Crippen LogP contribution in [-0.4, -0.2) is 9.13 Å². The quantitative estimate of drug-likeness (QED) is 0.165. The van der Waals surface area contributed by atoms with Gasteiger partial charge in [-0.15, -0.1) is 0 Å². The highest BCUT2D eigenvalue weighted by molar-refractivity contribution is 6.24. The largest absolute Gasteiger partial charge is 0.454 e. The molecule has 330 valence electrons. The van der Waals surface area contributed by atoms with Crippen molar-refractivity contribution in [1.82, 2.24) is 9.13 Å².